The van der Waals surface area contributed by atoms with Crippen LogP contribution in [-0.4, -0.2) is 69.5 Å². The number of carbonyl (C=O) groups excluding carboxylic acids is 2. The Bertz CT molecular complexity index is 1820. The first kappa shape index (κ1) is 50.4. The Morgan fingerprint density at radius 3 is 1.35 bits per heavy atom. The number of aliphatic carboxylic acids is 2. The molecule has 0 aromatic heterocycles. The van der Waals surface area contributed by atoms with E-state index in [1.807, 2.05) is 0 Å². The fourth-order valence-corrected chi connectivity index (χ4v) is 10.8. The van der Waals surface area contributed by atoms with Gasteiger partial charge in [0, 0.05) is 52.6 Å². The van der Waals surface area contributed by atoms with Crippen molar-refractivity contribution in [3.63, 3.8) is 0 Å². The minimum atomic E-state index is -1.50. The van der Waals surface area contributed by atoms with Gasteiger partial charge in [-0.25, -0.2) is 9.59 Å². The highest BCUT2D eigenvalue weighted by Crippen LogP contribution is 2.51. The number of hydrogen-bond acceptors (Lipinski definition) is 8. The van der Waals surface area contributed by atoms with Crippen LogP contribution in [0, 0.1) is 0 Å². The van der Waals surface area contributed by atoms with Crippen LogP contribution in [0.1, 0.15) is 185 Å². The topological polar surface area (TPSA) is 151 Å². The van der Waals surface area contributed by atoms with E-state index in [-0.39, 0.29) is 53.6 Å². The van der Waals surface area contributed by atoms with Crippen LogP contribution < -0.4 is 10.6 Å². The summed E-state index contributed by atoms with van der Waals surface area (Å²) in [6, 6.07) is 12.6. The number of carboxylic acids is 2. The van der Waals surface area contributed by atoms with Crippen LogP contribution in [0.3, 0.4) is 0 Å². The first-order valence-corrected chi connectivity index (χ1v) is 22.7. The lowest BCUT2D eigenvalue weighted by atomic mass is 9.62. The van der Waals surface area contributed by atoms with Crippen molar-refractivity contribution in [3.05, 3.63) is 94.1 Å². The minimum Gasteiger partial charge on any atom is -0.481 e. The summed E-state index contributed by atoms with van der Waals surface area (Å²) in [6.07, 6.45) is 7.89. The molecule has 2 aromatic carbocycles. The number of rotatable bonds is 21. The highest BCUT2D eigenvalue weighted by molar-refractivity contribution is 5.88. The molecule has 2 saturated heterocycles. The van der Waals surface area contributed by atoms with Gasteiger partial charge in [0.1, 0.15) is 5.41 Å². The highest BCUT2D eigenvalue weighted by Gasteiger charge is 2.49. The predicted molar refractivity (Wildman–Crippen MR) is 247 cm³/mol. The summed E-state index contributed by atoms with van der Waals surface area (Å²) < 4.78 is 11.1. The second-order valence-corrected chi connectivity index (χ2v) is 21.0. The lowest BCUT2D eigenvalue weighted by molar-refractivity contribution is -0.143. The van der Waals surface area contributed by atoms with Crippen LogP contribution in [0.15, 0.2) is 60.7 Å². The molecule has 2 aliphatic heterocycles. The summed E-state index contributed by atoms with van der Waals surface area (Å²) in [5.41, 5.74) is 3.53. The Balaban J connectivity index is 2.04. The molecule has 2 heterocycles. The number of esters is 2. The SMILES string of the molecule is C=C(C)C(=O)OCCc1ccc(C2CC(C)(C)NC(C)(C)C2)c(C(CCCCCCCC(=O)O)(C(=O)O)c2cc(CCOC(=O)C(=C)C)ccc2C2CC(C)(C)NC(C)(C)C2)c1. The Hall–Kier alpha value is -4.28. The minimum absolute atomic E-state index is 0.0335. The number of benzene rings is 2. The molecule has 2 aliphatic rings. The molecule has 0 aliphatic carbocycles. The molecule has 0 spiro atoms. The number of unbranched alkanes of at least 4 members (excludes halogenated alkanes) is 4. The maximum Gasteiger partial charge on any atom is 0.333 e. The zero-order valence-electron chi connectivity index (χ0n) is 39.5. The monoisotopic (exact) mass is 857 g/mol. The van der Waals surface area contributed by atoms with E-state index in [2.05, 4.69) is 116 Å². The van der Waals surface area contributed by atoms with E-state index in [1.165, 1.54) is 0 Å². The number of carboxylic acid groups (broad SMARTS) is 2. The molecule has 342 valence electrons. The zero-order valence-corrected chi connectivity index (χ0v) is 39.5. The van der Waals surface area contributed by atoms with E-state index in [4.69, 9.17) is 9.47 Å². The van der Waals surface area contributed by atoms with Crippen molar-refractivity contribution in [1.29, 1.82) is 0 Å². The average Bonchev–Trinajstić information content (AvgIpc) is 3.13. The van der Waals surface area contributed by atoms with E-state index in [9.17, 15) is 29.4 Å². The number of ether oxygens (including phenoxy) is 2. The van der Waals surface area contributed by atoms with Gasteiger partial charge in [-0.3, -0.25) is 9.59 Å². The van der Waals surface area contributed by atoms with Crippen LogP contribution in [-0.2, 0) is 46.9 Å². The Morgan fingerprint density at radius 1 is 0.629 bits per heavy atom. The van der Waals surface area contributed by atoms with Gasteiger partial charge in [-0.1, -0.05) is 75.2 Å². The third-order valence-electron chi connectivity index (χ3n) is 12.7. The number of hydrogen-bond donors (Lipinski definition) is 4. The maximum atomic E-state index is 15.0. The quantitative estimate of drug-likeness (QED) is 0.0543. The fourth-order valence-electron chi connectivity index (χ4n) is 10.8. The Morgan fingerprint density at radius 2 is 1.00 bits per heavy atom. The number of piperidine rings is 2. The number of carbonyl (C=O) groups is 4. The summed E-state index contributed by atoms with van der Waals surface area (Å²) in [5, 5.41) is 29.1. The molecule has 0 saturated carbocycles. The molecule has 0 radical (unpaired) electrons. The van der Waals surface area contributed by atoms with Gasteiger partial charge < -0.3 is 30.3 Å². The molecule has 62 heavy (non-hydrogen) atoms. The van der Waals surface area contributed by atoms with Crippen LogP contribution in [0.25, 0.3) is 0 Å². The standard InChI is InChI=1S/C52H76N2O8/c1-34(2)45(57)61-26-23-36-19-21-40(38-30-48(5,6)53-49(7,8)31-38)42(28-36)52(47(59)60,25-17-15-13-14-16-18-44(55)56)43-29-37(24-27-62-46(58)35(3)4)20-22-41(43)39-32-50(9,10)54-51(11,12)33-39/h19-22,28-29,38-39,53-54H,1,3,13-18,23-27,30-33H2,2,4-12H3,(H,55,56)(H,59,60). The van der Waals surface area contributed by atoms with Crippen molar-refractivity contribution in [1.82, 2.24) is 10.6 Å². The molecule has 0 atom stereocenters. The van der Waals surface area contributed by atoms with E-state index < -0.39 is 29.3 Å². The first-order valence-electron chi connectivity index (χ1n) is 22.7. The summed E-state index contributed by atoms with van der Waals surface area (Å²) in [4.78, 5) is 51.1. The molecule has 4 rings (SSSR count). The third kappa shape index (κ3) is 13.6. The molecular formula is C52H76N2O8. The van der Waals surface area contributed by atoms with Crippen molar-refractivity contribution >= 4 is 23.9 Å². The van der Waals surface area contributed by atoms with Crippen molar-refractivity contribution in [2.24, 2.45) is 0 Å². The lowest BCUT2D eigenvalue weighted by Crippen LogP contribution is -2.57. The maximum absolute atomic E-state index is 15.0. The van der Waals surface area contributed by atoms with Gasteiger partial charge in [0.15, 0.2) is 0 Å². The van der Waals surface area contributed by atoms with E-state index in [1.54, 1.807) is 13.8 Å². The molecular weight excluding hydrogens is 781 g/mol. The molecule has 0 bridgehead atoms. The van der Waals surface area contributed by atoms with E-state index in [0.29, 0.717) is 43.3 Å². The van der Waals surface area contributed by atoms with E-state index in [0.717, 1.165) is 78.3 Å². The summed E-state index contributed by atoms with van der Waals surface area (Å²) in [5.74, 6) is -2.60. The number of nitrogens with one attached hydrogen (secondary N) is 2. The normalized spacial score (nSPS) is 18.4. The molecule has 2 fully saturated rings. The van der Waals surface area contributed by atoms with Gasteiger partial charge in [-0.2, -0.15) is 0 Å². The fraction of sp³-hybridized carbons (Fsp3) is 0.615. The largest absolute Gasteiger partial charge is 0.481 e. The van der Waals surface area contributed by atoms with Crippen molar-refractivity contribution in [3.8, 4) is 0 Å². The first-order chi connectivity index (χ1) is 28.8. The highest BCUT2D eigenvalue weighted by atomic mass is 16.5. The zero-order chi connectivity index (χ0) is 46.3. The van der Waals surface area contributed by atoms with Crippen LogP contribution >= 0.6 is 0 Å². The second-order valence-electron chi connectivity index (χ2n) is 21.0. The van der Waals surface area contributed by atoms with Crippen LogP contribution in [0.4, 0.5) is 0 Å². The molecule has 0 amide bonds. The summed E-state index contributed by atoms with van der Waals surface area (Å²) in [7, 11) is 0. The lowest BCUT2D eigenvalue weighted by Gasteiger charge is -2.49. The Kier molecular flexibility index (Phi) is 16.6. The van der Waals surface area contributed by atoms with Gasteiger partial charge in [0.05, 0.1) is 13.2 Å². The summed E-state index contributed by atoms with van der Waals surface area (Å²) >= 11 is 0. The van der Waals surface area contributed by atoms with Gasteiger partial charge in [-0.05, 0) is 153 Å². The van der Waals surface area contributed by atoms with Crippen LogP contribution in [0.2, 0.25) is 0 Å². The van der Waals surface area contributed by atoms with Crippen LogP contribution in [0.5, 0.6) is 0 Å². The van der Waals surface area contributed by atoms with Crippen molar-refractivity contribution in [2.45, 2.75) is 192 Å². The molecule has 0 unspecified atom stereocenters. The van der Waals surface area contributed by atoms with Crippen molar-refractivity contribution in [2.75, 3.05) is 13.2 Å². The summed E-state index contributed by atoms with van der Waals surface area (Å²) in [6.45, 7) is 28.6. The van der Waals surface area contributed by atoms with E-state index >= 15 is 0 Å². The molecule has 10 heteroatoms. The van der Waals surface area contributed by atoms with Gasteiger partial charge >= 0.3 is 23.9 Å². The second kappa shape index (κ2) is 20.5. The van der Waals surface area contributed by atoms with Gasteiger partial charge in [-0.15, -0.1) is 0 Å². The smallest absolute Gasteiger partial charge is 0.333 e. The molecule has 10 nitrogen and oxygen atoms in total. The predicted octanol–water partition coefficient (Wildman–Crippen LogP) is 10.2. The van der Waals surface area contributed by atoms with Gasteiger partial charge in [0.25, 0.3) is 0 Å². The van der Waals surface area contributed by atoms with Crippen molar-refractivity contribution < 1.29 is 38.9 Å². The average molecular weight is 857 g/mol. The molecule has 4 N–H and O–H groups in total. The third-order valence-corrected chi connectivity index (χ3v) is 12.7. The van der Waals surface area contributed by atoms with Gasteiger partial charge in [0.2, 0.25) is 0 Å². The Labute approximate surface area is 371 Å². The molecule has 2 aromatic rings.